The van der Waals surface area contributed by atoms with Gasteiger partial charge in [-0.2, -0.15) is 0 Å². The van der Waals surface area contributed by atoms with Crippen molar-refractivity contribution in [1.82, 2.24) is 14.8 Å². The van der Waals surface area contributed by atoms with Gasteiger partial charge in [-0.1, -0.05) is 17.8 Å². The molecule has 0 amide bonds. The number of aromatic nitrogens is 3. The fourth-order valence-corrected chi connectivity index (χ4v) is 3.34. The molecule has 1 atom stereocenters. The van der Waals surface area contributed by atoms with Crippen molar-refractivity contribution in [2.45, 2.75) is 23.4 Å². The fraction of sp³-hybridized carbons (Fsp3) is 0.312. The molecule has 0 unspecified atom stereocenters. The molecule has 6 nitrogen and oxygen atoms in total. The summed E-state index contributed by atoms with van der Waals surface area (Å²) in [5.41, 5.74) is 0.931. The van der Waals surface area contributed by atoms with Crippen molar-refractivity contribution in [3.8, 4) is 17.1 Å². The van der Waals surface area contributed by atoms with Crippen LogP contribution < -0.4 is 4.74 Å². The molecule has 1 fully saturated rings. The van der Waals surface area contributed by atoms with Crippen LogP contribution in [0.4, 0.5) is 0 Å². The molecule has 0 spiro atoms. The van der Waals surface area contributed by atoms with E-state index in [4.69, 9.17) is 9.47 Å². The molecule has 0 bridgehead atoms. The number of hydrogen-bond donors (Lipinski definition) is 0. The molecule has 1 aromatic carbocycles. The predicted octanol–water partition coefficient (Wildman–Crippen LogP) is 2.55. The van der Waals surface area contributed by atoms with Gasteiger partial charge in [-0.25, -0.2) is 0 Å². The quantitative estimate of drug-likeness (QED) is 0.599. The third-order valence-electron chi connectivity index (χ3n) is 3.51. The number of cyclic esters (lactones) is 1. The summed E-state index contributed by atoms with van der Waals surface area (Å²) in [7, 11) is 1.63. The Labute approximate surface area is 138 Å². The van der Waals surface area contributed by atoms with Crippen LogP contribution in [0.3, 0.4) is 0 Å². The summed E-state index contributed by atoms with van der Waals surface area (Å²) >= 11 is 1.39. The molecule has 7 heteroatoms. The van der Waals surface area contributed by atoms with Gasteiger partial charge >= 0.3 is 5.97 Å². The van der Waals surface area contributed by atoms with Gasteiger partial charge in [0, 0.05) is 18.5 Å². The van der Waals surface area contributed by atoms with Crippen molar-refractivity contribution in [3.63, 3.8) is 0 Å². The van der Waals surface area contributed by atoms with Crippen LogP contribution in [0.1, 0.15) is 6.42 Å². The predicted molar refractivity (Wildman–Crippen MR) is 87.4 cm³/mol. The Balaban J connectivity index is 1.90. The van der Waals surface area contributed by atoms with Crippen LogP contribution in [0.25, 0.3) is 11.4 Å². The summed E-state index contributed by atoms with van der Waals surface area (Å²) < 4.78 is 12.1. The lowest BCUT2D eigenvalue weighted by Crippen LogP contribution is -2.11. The average Bonchev–Trinajstić information content (AvgIpc) is 3.16. The number of hydrogen-bond acceptors (Lipinski definition) is 6. The highest BCUT2D eigenvalue weighted by Gasteiger charge is 2.29. The average molecular weight is 331 g/mol. The number of methoxy groups -OCH3 is 1. The molecular formula is C16H17N3O3S. The second-order valence-electron chi connectivity index (χ2n) is 5.00. The van der Waals surface area contributed by atoms with Crippen LogP contribution in [0, 0.1) is 0 Å². The van der Waals surface area contributed by atoms with Crippen LogP contribution in [0.15, 0.2) is 42.1 Å². The maximum Gasteiger partial charge on any atom is 0.319 e. The first-order chi connectivity index (χ1) is 11.2. The monoisotopic (exact) mass is 331 g/mol. The van der Waals surface area contributed by atoms with Crippen LogP contribution >= 0.6 is 11.8 Å². The summed E-state index contributed by atoms with van der Waals surface area (Å²) in [5.74, 6) is 1.34. The summed E-state index contributed by atoms with van der Waals surface area (Å²) in [6, 6.07) is 7.62. The minimum absolute atomic E-state index is 0.186. The van der Waals surface area contributed by atoms with Gasteiger partial charge < -0.3 is 9.47 Å². The number of benzene rings is 1. The summed E-state index contributed by atoms with van der Waals surface area (Å²) in [4.78, 5) is 11.7. The molecule has 2 aromatic rings. The Kier molecular flexibility index (Phi) is 4.66. The Bertz CT molecular complexity index is 712. The first-order valence-electron chi connectivity index (χ1n) is 7.24. The maximum absolute atomic E-state index is 11.7. The minimum Gasteiger partial charge on any atom is -0.497 e. The zero-order valence-corrected chi connectivity index (χ0v) is 13.6. The van der Waals surface area contributed by atoms with Gasteiger partial charge in [-0.05, 0) is 24.3 Å². The van der Waals surface area contributed by atoms with E-state index >= 15 is 0 Å². The topological polar surface area (TPSA) is 66.2 Å². The Morgan fingerprint density at radius 2 is 2.22 bits per heavy atom. The SMILES string of the molecule is C=CCn1c(S[C@@H]2CCOC2=O)nnc1-c1ccc(OC)cc1. The number of rotatable bonds is 6. The number of thioether (sulfide) groups is 1. The van der Waals surface area contributed by atoms with Crippen molar-refractivity contribution in [2.24, 2.45) is 0 Å². The zero-order chi connectivity index (χ0) is 16.2. The summed E-state index contributed by atoms with van der Waals surface area (Å²) in [6.45, 7) is 4.83. The maximum atomic E-state index is 11.7. The normalized spacial score (nSPS) is 17.1. The lowest BCUT2D eigenvalue weighted by Gasteiger charge is -2.09. The van der Waals surface area contributed by atoms with E-state index in [0.717, 1.165) is 17.1 Å². The van der Waals surface area contributed by atoms with E-state index in [0.29, 0.717) is 24.7 Å². The van der Waals surface area contributed by atoms with Gasteiger partial charge in [0.25, 0.3) is 0 Å². The number of nitrogens with zero attached hydrogens (tertiary/aromatic N) is 3. The van der Waals surface area contributed by atoms with E-state index in [1.54, 1.807) is 13.2 Å². The first kappa shape index (κ1) is 15.6. The van der Waals surface area contributed by atoms with Crippen molar-refractivity contribution < 1.29 is 14.3 Å². The molecule has 0 aliphatic carbocycles. The minimum atomic E-state index is -0.216. The largest absolute Gasteiger partial charge is 0.497 e. The lowest BCUT2D eigenvalue weighted by molar-refractivity contribution is -0.137. The van der Waals surface area contributed by atoms with E-state index in [1.165, 1.54) is 11.8 Å². The molecule has 23 heavy (non-hydrogen) atoms. The van der Waals surface area contributed by atoms with Gasteiger partial charge in [0.15, 0.2) is 11.0 Å². The number of ether oxygens (including phenoxy) is 2. The third kappa shape index (κ3) is 3.24. The number of allylic oxidation sites excluding steroid dienone is 1. The third-order valence-corrected chi connectivity index (χ3v) is 4.74. The summed E-state index contributed by atoms with van der Waals surface area (Å²) in [5, 5.41) is 9.00. The molecular weight excluding hydrogens is 314 g/mol. The lowest BCUT2D eigenvalue weighted by atomic mass is 10.2. The van der Waals surface area contributed by atoms with Crippen molar-refractivity contribution >= 4 is 17.7 Å². The van der Waals surface area contributed by atoms with Crippen molar-refractivity contribution in [3.05, 3.63) is 36.9 Å². The van der Waals surface area contributed by atoms with Crippen LogP contribution in [0.2, 0.25) is 0 Å². The van der Waals surface area contributed by atoms with Gasteiger partial charge in [0.2, 0.25) is 0 Å². The van der Waals surface area contributed by atoms with E-state index in [1.807, 2.05) is 28.8 Å². The number of carbonyl (C=O) groups is 1. The van der Waals surface area contributed by atoms with E-state index in [2.05, 4.69) is 16.8 Å². The van der Waals surface area contributed by atoms with Gasteiger partial charge in [-0.15, -0.1) is 16.8 Å². The molecule has 120 valence electrons. The molecule has 0 radical (unpaired) electrons. The van der Waals surface area contributed by atoms with Crippen molar-refractivity contribution in [1.29, 1.82) is 0 Å². The Morgan fingerprint density at radius 3 is 2.83 bits per heavy atom. The van der Waals surface area contributed by atoms with E-state index in [-0.39, 0.29) is 11.2 Å². The van der Waals surface area contributed by atoms with Crippen molar-refractivity contribution in [2.75, 3.05) is 13.7 Å². The molecule has 0 saturated carbocycles. The van der Waals surface area contributed by atoms with Gasteiger partial charge in [0.05, 0.1) is 13.7 Å². The molecule has 2 heterocycles. The molecule has 1 saturated heterocycles. The van der Waals surface area contributed by atoms with Crippen LogP contribution in [0.5, 0.6) is 5.75 Å². The Hall–Kier alpha value is -2.28. The highest BCUT2D eigenvalue weighted by molar-refractivity contribution is 8.00. The smallest absolute Gasteiger partial charge is 0.319 e. The van der Waals surface area contributed by atoms with Gasteiger partial charge in [0.1, 0.15) is 11.0 Å². The summed E-state index contributed by atoms with van der Waals surface area (Å²) in [6.07, 6.45) is 2.48. The van der Waals surface area contributed by atoms with E-state index < -0.39 is 0 Å². The molecule has 0 N–H and O–H groups in total. The first-order valence-corrected chi connectivity index (χ1v) is 8.12. The highest BCUT2D eigenvalue weighted by Crippen LogP contribution is 2.31. The number of carbonyl (C=O) groups excluding carboxylic acids is 1. The highest BCUT2D eigenvalue weighted by atomic mass is 32.2. The second-order valence-corrected chi connectivity index (χ2v) is 6.17. The molecule has 3 rings (SSSR count). The van der Waals surface area contributed by atoms with Crippen LogP contribution in [-0.2, 0) is 16.1 Å². The number of esters is 1. The van der Waals surface area contributed by atoms with Gasteiger partial charge in [-0.3, -0.25) is 9.36 Å². The van der Waals surface area contributed by atoms with E-state index in [9.17, 15) is 4.79 Å². The fourth-order valence-electron chi connectivity index (χ4n) is 2.33. The van der Waals surface area contributed by atoms with Crippen LogP contribution in [-0.4, -0.2) is 39.7 Å². The second kappa shape index (κ2) is 6.87. The molecule has 1 aliphatic heterocycles. The zero-order valence-electron chi connectivity index (χ0n) is 12.8. The standard InChI is InChI=1S/C16H17N3O3S/c1-3-9-19-14(11-4-6-12(21-2)7-5-11)17-18-16(19)23-13-8-10-22-15(13)20/h3-7,13H,1,8-10H2,2H3/t13-/m1/s1. The molecule has 1 aliphatic rings. The molecule has 1 aromatic heterocycles. The Morgan fingerprint density at radius 1 is 1.43 bits per heavy atom.